The van der Waals surface area contributed by atoms with Crippen LogP contribution in [0.15, 0.2) is 54.6 Å². The molecule has 2 amide bonds. The van der Waals surface area contributed by atoms with Gasteiger partial charge in [0, 0.05) is 13.1 Å². The Balaban J connectivity index is 1.85. The maximum Gasteiger partial charge on any atom is 0.416 e. The fourth-order valence-electron chi connectivity index (χ4n) is 2.67. The molecule has 0 saturated carbocycles. The summed E-state index contributed by atoms with van der Waals surface area (Å²) in [6.45, 7) is 0.983. The predicted molar refractivity (Wildman–Crippen MR) is 99.4 cm³/mol. The molecule has 0 bridgehead atoms. The number of urea groups is 1. The van der Waals surface area contributed by atoms with Crippen molar-refractivity contribution < 1.29 is 18.0 Å². The van der Waals surface area contributed by atoms with Crippen molar-refractivity contribution in [2.24, 2.45) is 0 Å². The van der Waals surface area contributed by atoms with E-state index in [1.54, 1.807) is 0 Å². The molecule has 0 aliphatic heterocycles. The van der Waals surface area contributed by atoms with Gasteiger partial charge in [-0.25, -0.2) is 4.79 Å². The van der Waals surface area contributed by atoms with Crippen molar-refractivity contribution in [2.75, 3.05) is 27.2 Å². The molecule has 146 valence electrons. The topological polar surface area (TPSA) is 44.4 Å². The fraction of sp³-hybridized carbons (Fsp3) is 0.350. The molecular weight excluding hydrogens is 355 g/mol. The fourth-order valence-corrected chi connectivity index (χ4v) is 2.67. The van der Waals surface area contributed by atoms with E-state index in [2.05, 4.69) is 10.6 Å². The number of carbonyl (C=O) groups is 1. The predicted octanol–water partition coefficient (Wildman–Crippen LogP) is 3.85. The van der Waals surface area contributed by atoms with Crippen LogP contribution in [0.2, 0.25) is 0 Å². The van der Waals surface area contributed by atoms with Gasteiger partial charge in [0.05, 0.1) is 11.6 Å². The highest BCUT2D eigenvalue weighted by atomic mass is 19.4. The smallest absolute Gasteiger partial charge is 0.338 e. The molecule has 27 heavy (non-hydrogen) atoms. The number of carbonyl (C=O) groups excluding carboxylic acids is 1. The van der Waals surface area contributed by atoms with Crippen LogP contribution >= 0.6 is 0 Å². The summed E-state index contributed by atoms with van der Waals surface area (Å²) in [6.07, 6.45) is -3.88. The van der Waals surface area contributed by atoms with Gasteiger partial charge in [-0.3, -0.25) is 0 Å². The lowest BCUT2D eigenvalue weighted by Crippen LogP contribution is -2.42. The number of nitrogens with zero attached hydrogens (tertiary/aromatic N) is 1. The lowest BCUT2D eigenvalue weighted by molar-refractivity contribution is -0.137. The molecule has 4 nitrogen and oxygen atoms in total. The van der Waals surface area contributed by atoms with Crippen LogP contribution in [-0.4, -0.2) is 38.1 Å². The minimum absolute atomic E-state index is 0.160. The SMILES string of the molecule is CN(C)CC(NC(=O)NCCc1ccc(C(F)(F)F)cc1)c1ccccc1. The van der Waals surface area contributed by atoms with Gasteiger partial charge in [-0.1, -0.05) is 42.5 Å². The molecule has 0 saturated heterocycles. The first kappa shape index (κ1) is 20.8. The highest BCUT2D eigenvalue weighted by molar-refractivity contribution is 5.74. The van der Waals surface area contributed by atoms with Crippen LogP contribution in [-0.2, 0) is 12.6 Å². The summed E-state index contributed by atoms with van der Waals surface area (Å²) in [5.74, 6) is 0. The van der Waals surface area contributed by atoms with Gasteiger partial charge in [0.25, 0.3) is 0 Å². The van der Waals surface area contributed by atoms with E-state index in [9.17, 15) is 18.0 Å². The molecule has 7 heteroatoms. The van der Waals surface area contributed by atoms with Gasteiger partial charge in [-0.05, 0) is 43.8 Å². The third kappa shape index (κ3) is 6.94. The minimum Gasteiger partial charge on any atom is -0.338 e. The van der Waals surface area contributed by atoms with Crippen LogP contribution < -0.4 is 10.6 Å². The Bertz CT molecular complexity index is 716. The van der Waals surface area contributed by atoms with E-state index in [1.807, 2.05) is 49.3 Å². The van der Waals surface area contributed by atoms with Gasteiger partial charge in [0.15, 0.2) is 0 Å². The van der Waals surface area contributed by atoms with Crippen LogP contribution in [0.3, 0.4) is 0 Å². The van der Waals surface area contributed by atoms with Crippen molar-refractivity contribution in [2.45, 2.75) is 18.6 Å². The van der Waals surface area contributed by atoms with Gasteiger partial charge >= 0.3 is 12.2 Å². The normalized spacial score (nSPS) is 12.7. The summed E-state index contributed by atoms with van der Waals surface area (Å²) in [5.41, 5.74) is 1.06. The summed E-state index contributed by atoms with van der Waals surface area (Å²) in [7, 11) is 3.86. The zero-order chi connectivity index (χ0) is 19.9. The quantitative estimate of drug-likeness (QED) is 0.768. The van der Waals surface area contributed by atoms with E-state index in [-0.39, 0.29) is 12.1 Å². The monoisotopic (exact) mass is 379 g/mol. The van der Waals surface area contributed by atoms with Gasteiger partial charge in [-0.2, -0.15) is 13.2 Å². The van der Waals surface area contributed by atoms with Crippen molar-refractivity contribution in [3.05, 3.63) is 71.3 Å². The first-order valence-electron chi connectivity index (χ1n) is 8.66. The molecule has 2 aromatic carbocycles. The van der Waals surface area contributed by atoms with Crippen molar-refractivity contribution in [3.63, 3.8) is 0 Å². The van der Waals surface area contributed by atoms with Crippen LogP contribution in [0.1, 0.15) is 22.7 Å². The number of benzene rings is 2. The number of likely N-dealkylation sites (N-methyl/N-ethyl adjacent to an activating group) is 1. The molecule has 0 aliphatic rings. The van der Waals surface area contributed by atoms with E-state index < -0.39 is 11.7 Å². The standard InChI is InChI=1S/C20H24F3N3O/c1-26(2)14-18(16-6-4-3-5-7-16)25-19(27)24-13-12-15-8-10-17(11-9-15)20(21,22)23/h3-11,18H,12-14H2,1-2H3,(H2,24,25,27). The van der Waals surface area contributed by atoms with Crippen molar-refractivity contribution in [3.8, 4) is 0 Å². The lowest BCUT2D eigenvalue weighted by atomic mass is 10.1. The Hall–Kier alpha value is -2.54. The average Bonchev–Trinajstić information content (AvgIpc) is 2.61. The Morgan fingerprint density at radius 2 is 1.67 bits per heavy atom. The third-order valence-corrected chi connectivity index (χ3v) is 4.04. The van der Waals surface area contributed by atoms with Crippen LogP contribution in [0.25, 0.3) is 0 Å². The van der Waals surface area contributed by atoms with Crippen LogP contribution in [0, 0.1) is 0 Å². The molecule has 0 radical (unpaired) electrons. The first-order chi connectivity index (χ1) is 12.8. The van der Waals surface area contributed by atoms with Gasteiger partial charge in [0.1, 0.15) is 0 Å². The Morgan fingerprint density at radius 3 is 2.22 bits per heavy atom. The van der Waals surface area contributed by atoms with Crippen molar-refractivity contribution >= 4 is 6.03 Å². The zero-order valence-electron chi connectivity index (χ0n) is 15.4. The minimum atomic E-state index is -4.34. The van der Waals surface area contributed by atoms with Gasteiger partial charge in [0.2, 0.25) is 0 Å². The van der Waals surface area contributed by atoms with E-state index in [0.29, 0.717) is 19.5 Å². The largest absolute Gasteiger partial charge is 0.416 e. The third-order valence-electron chi connectivity index (χ3n) is 4.04. The summed E-state index contributed by atoms with van der Waals surface area (Å²) < 4.78 is 37.7. The second-order valence-corrected chi connectivity index (χ2v) is 6.57. The summed E-state index contributed by atoms with van der Waals surface area (Å²) in [6, 6.07) is 14.2. The maximum absolute atomic E-state index is 12.6. The van der Waals surface area contributed by atoms with E-state index in [0.717, 1.165) is 23.3 Å². The highest BCUT2D eigenvalue weighted by Crippen LogP contribution is 2.29. The number of amides is 2. The highest BCUT2D eigenvalue weighted by Gasteiger charge is 2.29. The molecule has 2 aromatic rings. The molecule has 0 heterocycles. The van der Waals surface area contributed by atoms with Gasteiger partial charge < -0.3 is 15.5 Å². The molecule has 2 N–H and O–H groups in total. The van der Waals surface area contributed by atoms with Crippen molar-refractivity contribution in [1.82, 2.24) is 15.5 Å². The van der Waals surface area contributed by atoms with Crippen LogP contribution in [0.4, 0.5) is 18.0 Å². The summed E-state index contributed by atoms with van der Waals surface area (Å²) in [5, 5.41) is 5.70. The number of hydrogen-bond donors (Lipinski definition) is 2. The van der Waals surface area contributed by atoms with Crippen molar-refractivity contribution in [1.29, 1.82) is 0 Å². The molecule has 0 spiro atoms. The molecule has 1 atom stereocenters. The molecule has 0 aromatic heterocycles. The van der Waals surface area contributed by atoms with Crippen LogP contribution in [0.5, 0.6) is 0 Å². The number of halogens is 3. The number of rotatable bonds is 7. The zero-order valence-corrected chi connectivity index (χ0v) is 15.4. The molecule has 2 rings (SSSR count). The first-order valence-corrected chi connectivity index (χ1v) is 8.66. The lowest BCUT2D eigenvalue weighted by Gasteiger charge is -2.23. The summed E-state index contributed by atoms with van der Waals surface area (Å²) >= 11 is 0. The number of alkyl halides is 3. The summed E-state index contributed by atoms with van der Waals surface area (Å²) in [4.78, 5) is 14.2. The molecule has 0 aliphatic carbocycles. The van der Waals surface area contributed by atoms with Gasteiger partial charge in [-0.15, -0.1) is 0 Å². The Kier molecular flexibility index (Phi) is 7.24. The molecule has 0 fully saturated rings. The molecule has 1 unspecified atom stereocenters. The number of hydrogen-bond acceptors (Lipinski definition) is 2. The average molecular weight is 379 g/mol. The van der Waals surface area contributed by atoms with E-state index in [1.165, 1.54) is 12.1 Å². The molecular formula is C20H24F3N3O. The van der Waals surface area contributed by atoms with E-state index in [4.69, 9.17) is 0 Å². The second kappa shape index (κ2) is 9.41. The Labute approximate surface area is 157 Å². The Morgan fingerprint density at radius 1 is 1.04 bits per heavy atom. The van der Waals surface area contributed by atoms with E-state index >= 15 is 0 Å². The second-order valence-electron chi connectivity index (χ2n) is 6.57. The number of nitrogens with one attached hydrogen (secondary N) is 2. The maximum atomic E-state index is 12.6.